The molecule has 0 saturated heterocycles. The summed E-state index contributed by atoms with van der Waals surface area (Å²) in [6.45, 7) is 0.364. The van der Waals surface area contributed by atoms with Gasteiger partial charge in [-0.15, -0.1) is 22.7 Å². The van der Waals surface area contributed by atoms with E-state index >= 15 is 0 Å². The van der Waals surface area contributed by atoms with Gasteiger partial charge in [0, 0.05) is 15.8 Å². The molecule has 92 valence electrons. The summed E-state index contributed by atoms with van der Waals surface area (Å²) in [7, 11) is 0. The molecular weight excluding hydrogens is 266 g/mol. The molecule has 0 aromatic carbocycles. The van der Waals surface area contributed by atoms with Crippen LogP contribution in [-0.4, -0.2) is 17.6 Å². The fourth-order valence-corrected chi connectivity index (χ4v) is 2.74. The van der Waals surface area contributed by atoms with Crippen molar-refractivity contribution >= 4 is 28.6 Å². The van der Waals surface area contributed by atoms with Crippen LogP contribution < -0.4 is 5.32 Å². The third-order valence-corrected chi connectivity index (χ3v) is 3.94. The van der Waals surface area contributed by atoms with E-state index in [0.717, 1.165) is 10.4 Å². The van der Waals surface area contributed by atoms with Crippen LogP contribution in [0.4, 0.5) is 0 Å². The molecule has 0 spiro atoms. The predicted molar refractivity (Wildman–Crippen MR) is 73.8 cm³/mol. The Morgan fingerprint density at radius 3 is 3.06 bits per heavy atom. The second-order valence-electron chi connectivity index (χ2n) is 3.42. The van der Waals surface area contributed by atoms with Crippen molar-refractivity contribution in [1.82, 2.24) is 5.32 Å². The van der Waals surface area contributed by atoms with Crippen molar-refractivity contribution in [2.75, 3.05) is 6.61 Å². The third-order valence-electron chi connectivity index (χ3n) is 2.13. The zero-order valence-electron chi connectivity index (χ0n) is 9.47. The lowest BCUT2D eigenvalue weighted by molar-refractivity contribution is 0.0955. The van der Waals surface area contributed by atoms with Gasteiger partial charge in [0.15, 0.2) is 0 Å². The Bertz CT molecular complexity index is 576. The molecule has 0 bridgehead atoms. The van der Waals surface area contributed by atoms with Gasteiger partial charge < -0.3 is 10.4 Å². The van der Waals surface area contributed by atoms with Crippen LogP contribution in [0.1, 0.15) is 20.1 Å². The zero-order valence-corrected chi connectivity index (χ0v) is 11.1. The van der Waals surface area contributed by atoms with E-state index in [4.69, 9.17) is 5.11 Å². The van der Waals surface area contributed by atoms with Gasteiger partial charge in [0.25, 0.3) is 5.91 Å². The first-order valence-electron chi connectivity index (χ1n) is 5.28. The number of rotatable bonds is 3. The summed E-state index contributed by atoms with van der Waals surface area (Å²) in [6, 6.07) is 5.57. The lowest BCUT2D eigenvalue weighted by atomic mass is 10.3. The van der Waals surface area contributed by atoms with E-state index < -0.39 is 0 Å². The van der Waals surface area contributed by atoms with E-state index in [0.29, 0.717) is 11.4 Å². The number of aliphatic hydroxyl groups excluding tert-OH is 1. The van der Waals surface area contributed by atoms with Crippen molar-refractivity contribution in [3.8, 4) is 11.8 Å². The smallest absolute Gasteiger partial charge is 0.261 e. The largest absolute Gasteiger partial charge is 0.384 e. The van der Waals surface area contributed by atoms with Gasteiger partial charge in [-0.2, -0.15) is 0 Å². The molecule has 3 nitrogen and oxygen atoms in total. The third kappa shape index (κ3) is 3.44. The molecule has 2 aromatic rings. The predicted octanol–water partition coefficient (Wildman–Crippen LogP) is 2.08. The highest BCUT2D eigenvalue weighted by Crippen LogP contribution is 2.14. The average Bonchev–Trinajstić information content (AvgIpc) is 3.04. The van der Waals surface area contributed by atoms with E-state index in [9.17, 15) is 4.79 Å². The maximum absolute atomic E-state index is 11.7. The van der Waals surface area contributed by atoms with Crippen molar-refractivity contribution in [2.24, 2.45) is 0 Å². The van der Waals surface area contributed by atoms with Crippen molar-refractivity contribution < 1.29 is 9.90 Å². The van der Waals surface area contributed by atoms with Crippen molar-refractivity contribution in [3.05, 3.63) is 44.3 Å². The summed E-state index contributed by atoms with van der Waals surface area (Å²) in [5.74, 6) is 5.37. The van der Waals surface area contributed by atoms with Crippen LogP contribution in [0.3, 0.4) is 0 Å². The Labute approximate surface area is 113 Å². The van der Waals surface area contributed by atoms with Crippen LogP contribution in [0.15, 0.2) is 29.0 Å². The van der Waals surface area contributed by atoms with Crippen LogP contribution in [0.2, 0.25) is 0 Å². The normalized spacial score (nSPS) is 9.61. The van der Waals surface area contributed by atoms with Gasteiger partial charge in [0.1, 0.15) is 6.61 Å². The van der Waals surface area contributed by atoms with Crippen LogP contribution in [0.25, 0.3) is 0 Å². The highest BCUT2D eigenvalue weighted by molar-refractivity contribution is 7.12. The second-order valence-corrected chi connectivity index (χ2v) is 5.37. The molecule has 2 N–H and O–H groups in total. The Hall–Kier alpha value is -1.61. The molecule has 0 aliphatic heterocycles. The lowest BCUT2D eigenvalue weighted by Gasteiger charge is -2.00. The van der Waals surface area contributed by atoms with Crippen molar-refractivity contribution in [2.45, 2.75) is 6.54 Å². The molecule has 1 amide bonds. The summed E-state index contributed by atoms with van der Waals surface area (Å²) in [6.07, 6.45) is 0. The van der Waals surface area contributed by atoms with Gasteiger partial charge in [-0.1, -0.05) is 17.9 Å². The molecular formula is C13H11NO2S2. The molecule has 18 heavy (non-hydrogen) atoms. The summed E-state index contributed by atoms with van der Waals surface area (Å²) < 4.78 is 0. The van der Waals surface area contributed by atoms with Gasteiger partial charge in [-0.25, -0.2) is 0 Å². The number of hydrogen-bond donors (Lipinski definition) is 2. The van der Waals surface area contributed by atoms with Gasteiger partial charge in [0.05, 0.1) is 11.4 Å². The first kappa shape index (κ1) is 12.8. The van der Waals surface area contributed by atoms with Crippen LogP contribution in [0.5, 0.6) is 0 Å². The number of amides is 1. The first-order chi connectivity index (χ1) is 8.79. The van der Waals surface area contributed by atoms with E-state index in [2.05, 4.69) is 17.2 Å². The molecule has 0 saturated carbocycles. The maximum Gasteiger partial charge on any atom is 0.261 e. The molecule has 0 aliphatic carbocycles. The van der Waals surface area contributed by atoms with Crippen LogP contribution >= 0.6 is 22.7 Å². The van der Waals surface area contributed by atoms with E-state index in [1.807, 2.05) is 22.9 Å². The zero-order chi connectivity index (χ0) is 12.8. The topological polar surface area (TPSA) is 49.3 Å². The number of carbonyl (C=O) groups excluding carboxylic acids is 1. The quantitative estimate of drug-likeness (QED) is 0.844. The highest BCUT2D eigenvalue weighted by atomic mass is 32.1. The molecule has 0 fully saturated rings. The number of hydrogen-bond acceptors (Lipinski definition) is 4. The fraction of sp³-hybridized carbons (Fsp3) is 0.154. The lowest BCUT2D eigenvalue weighted by Crippen LogP contribution is -2.21. The number of carbonyl (C=O) groups is 1. The minimum atomic E-state index is -0.139. The van der Waals surface area contributed by atoms with Crippen molar-refractivity contribution in [1.29, 1.82) is 0 Å². The second kappa shape index (κ2) is 6.36. The van der Waals surface area contributed by atoms with Crippen LogP contribution in [0, 0.1) is 11.8 Å². The van der Waals surface area contributed by atoms with Crippen LogP contribution in [-0.2, 0) is 6.54 Å². The molecule has 5 heteroatoms. The number of aliphatic hydroxyl groups is 1. The molecule has 0 radical (unpaired) electrons. The average molecular weight is 277 g/mol. The molecule has 2 rings (SSSR count). The Kier molecular flexibility index (Phi) is 4.53. The highest BCUT2D eigenvalue weighted by Gasteiger charge is 2.06. The first-order valence-corrected chi connectivity index (χ1v) is 7.04. The Balaban J connectivity index is 1.90. The molecule has 2 heterocycles. The maximum atomic E-state index is 11.7. The minimum Gasteiger partial charge on any atom is -0.384 e. The summed E-state index contributed by atoms with van der Waals surface area (Å²) in [5, 5.41) is 15.2. The van der Waals surface area contributed by atoms with Gasteiger partial charge in [-0.3, -0.25) is 4.79 Å². The summed E-state index contributed by atoms with van der Waals surface area (Å²) in [4.78, 5) is 13.5. The SMILES string of the molecule is O=C(NCc1cc(C#CCO)cs1)c1cccs1. The molecule has 0 atom stereocenters. The van der Waals surface area contributed by atoms with Crippen molar-refractivity contribution in [3.63, 3.8) is 0 Å². The standard InChI is InChI=1S/C13H11NO2S2/c15-5-1-3-10-7-11(18-9-10)8-14-13(16)12-4-2-6-17-12/h2,4,6-7,9,15H,5,8H2,(H,14,16). The molecule has 2 aromatic heterocycles. The van der Waals surface area contributed by atoms with Gasteiger partial charge in [-0.05, 0) is 17.5 Å². The van der Waals surface area contributed by atoms with E-state index in [1.54, 1.807) is 17.4 Å². The fourth-order valence-electron chi connectivity index (χ4n) is 1.34. The monoisotopic (exact) mass is 277 g/mol. The Morgan fingerprint density at radius 1 is 1.44 bits per heavy atom. The summed E-state index contributed by atoms with van der Waals surface area (Å²) in [5.41, 5.74) is 0.870. The van der Waals surface area contributed by atoms with E-state index in [-0.39, 0.29) is 12.5 Å². The van der Waals surface area contributed by atoms with Gasteiger partial charge in [0.2, 0.25) is 0 Å². The number of nitrogens with one attached hydrogen (secondary N) is 1. The van der Waals surface area contributed by atoms with E-state index in [1.165, 1.54) is 11.3 Å². The number of thiophene rings is 2. The van der Waals surface area contributed by atoms with Gasteiger partial charge >= 0.3 is 0 Å². The summed E-state index contributed by atoms with van der Waals surface area (Å²) >= 11 is 2.97. The molecule has 0 unspecified atom stereocenters. The Morgan fingerprint density at radius 2 is 2.33 bits per heavy atom. The molecule has 0 aliphatic rings. The minimum absolute atomic E-state index is 0.0543.